The van der Waals surface area contributed by atoms with E-state index in [1.807, 2.05) is 65.5 Å². The van der Waals surface area contributed by atoms with Gasteiger partial charge in [-0.25, -0.2) is 9.67 Å². The van der Waals surface area contributed by atoms with Crippen LogP contribution >= 0.6 is 11.3 Å². The van der Waals surface area contributed by atoms with Gasteiger partial charge in [0.25, 0.3) is 5.56 Å². The maximum Gasteiger partial charge on any atom is 0.262 e. The maximum atomic E-state index is 13.3. The fraction of sp³-hybridized carbons (Fsp3) is 0.250. The molecule has 1 unspecified atom stereocenters. The summed E-state index contributed by atoms with van der Waals surface area (Å²) in [7, 11) is 1.67. The Morgan fingerprint density at radius 2 is 2.03 bits per heavy atom. The molecule has 3 heterocycles. The molecule has 0 saturated heterocycles. The number of fused-ring (bicyclic) bond motifs is 3. The van der Waals surface area contributed by atoms with Crippen molar-refractivity contribution in [2.75, 3.05) is 7.11 Å². The van der Waals surface area contributed by atoms with Crippen molar-refractivity contribution in [3.05, 3.63) is 105 Å². The zero-order valence-corrected chi connectivity index (χ0v) is 20.9. The molecule has 8 heteroatoms. The lowest BCUT2D eigenvalue weighted by atomic mass is 9.93. The van der Waals surface area contributed by atoms with E-state index in [1.54, 1.807) is 29.3 Å². The Morgan fingerprint density at radius 3 is 2.89 bits per heavy atom. The lowest BCUT2D eigenvalue weighted by molar-refractivity contribution is 0.414. The third-order valence-corrected chi connectivity index (χ3v) is 7.94. The molecule has 3 aromatic heterocycles. The van der Waals surface area contributed by atoms with Gasteiger partial charge in [0, 0.05) is 35.3 Å². The Morgan fingerprint density at radius 1 is 1.14 bits per heavy atom. The fourth-order valence-corrected chi connectivity index (χ4v) is 6.13. The number of aromatic nitrogens is 4. The summed E-state index contributed by atoms with van der Waals surface area (Å²) in [5.41, 5.74) is 4.46. The van der Waals surface area contributed by atoms with Gasteiger partial charge in [-0.05, 0) is 42.5 Å². The number of hydrogen-bond donors (Lipinski definition) is 1. The minimum atomic E-state index is 0.0673. The highest BCUT2D eigenvalue weighted by Crippen LogP contribution is 2.33. The summed E-state index contributed by atoms with van der Waals surface area (Å²) in [4.78, 5) is 20.1. The highest BCUT2D eigenvalue weighted by Gasteiger charge is 2.25. The Kier molecular flexibility index (Phi) is 6.13. The van der Waals surface area contributed by atoms with Gasteiger partial charge in [-0.3, -0.25) is 9.36 Å². The minimum absolute atomic E-state index is 0.0673. The van der Waals surface area contributed by atoms with E-state index in [0.717, 1.165) is 58.6 Å². The van der Waals surface area contributed by atoms with Gasteiger partial charge in [-0.1, -0.05) is 36.4 Å². The van der Waals surface area contributed by atoms with Crippen molar-refractivity contribution in [1.29, 1.82) is 0 Å². The van der Waals surface area contributed by atoms with Gasteiger partial charge in [0.15, 0.2) is 0 Å². The lowest BCUT2D eigenvalue weighted by Crippen LogP contribution is -2.33. The van der Waals surface area contributed by atoms with Gasteiger partial charge in [0.05, 0.1) is 37.3 Å². The second kappa shape index (κ2) is 9.72. The first-order valence-corrected chi connectivity index (χ1v) is 12.9. The van der Waals surface area contributed by atoms with Crippen LogP contribution in [0.1, 0.15) is 28.0 Å². The van der Waals surface area contributed by atoms with Crippen molar-refractivity contribution in [2.24, 2.45) is 0 Å². The second-order valence-electron chi connectivity index (χ2n) is 9.16. The van der Waals surface area contributed by atoms with Gasteiger partial charge in [-0.15, -0.1) is 11.3 Å². The number of thiophene rings is 1. The predicted octanol–water partition coefficient (Wildman–Crippen LogP) is 4.35. The van der Waals surface area contributed by atoms with E-state index < -0.39 is 0 Å². The number of aryl methyl sites for hydroxylation is 1. The first-order chi connectivity index (χ1) is 17.7. The Bertz CT molecular complexity index is 1570. The van der Waals surface area contributed by atoms with Crippen molar-refractivity contribution in [1.82, 2.24) is 24.6 Å². The molecule has 5 aromatic rings. The summed E-state index contributed by atoms with van der Waals surface area (Å²) < 4.78 is 8.93. The average molecular weight is 498 g/mol. The lowest BCUT2D eigenvalue weighted by Gasteiger charge is -2.23. The summed E-state index contributed by atoms with van der Waals surface area (Å²) in [6.45, 7) is 1.29. The summed E-state index contributed by atoms with van der Waals surface area (Å²) >= 11 is 1.67. The largest absolute Gasteiger partial charge is 0.497 e. The molecule has 1 aliphatic carbocycles. The number of nitrogens with zero attached hydrogens (tertiary/aromatic N) is 4. The summed E-state index contributed by atoms with van der Waals surface area (Å²) in [6.07, 6.45) is 8.44. The maximum absolute atomic E-state index is 13.3. The van der Waals surface area contributed by atoms with E-state index >= 15 is 0 Å². The van der Waals surface area contributed by atoms with Crippen molar-refractivity contribution in [2.45, 2.75) is 38.4 Å². The van der Waals surface area contributed by atoms with Crippen molar-refractivity contribution >= 4 is 21.6 Å². The van der Waals surface area contributed by atoms with Crippen molar-refractivity contribution < 1.29 is 4.74 Å². The molecule has 1 N–H and O–H groups in total. The SMILES string of the molecule is COc1cccc(-n2cc(CNC3CCc4c(sc5ncn(Cc6ccccc6)c(=O)c45)C3)cn2)c1. The van der Waals surface area contributed by atoms with Gasteiger partial charge in [0.1, 0.15) is 10.6 Å². The molecule has 0 saturated carbocycles. The monoisotopic (exact) mass is 497 g/mol. The van der Waals surface area contributed by atoms with E-state index in [0.29, 0.717) is 12.6 Å². The van der Waals surface area contributed by atoms with Crippen LogP contribution in [0.15, 0.2) is 78.1 Å². The van der Waals surface area contributed by atoms with Crippen LogP contribution in [-0.4, -0.2) is 32.5 Å². The molecule has 0 aliphatic heterocycles. The van der Waals surface area contributed by atoms with Crippen LogP contribution in [0, 0.1) is 0 Å². The van der Waals surface area contributed by atoms with Gasteiger partial charge in [-0.2, -0.15) is 5.10 Å². The van der Waals surface area contributed by atoms with Crippen LogP contribution in [-0.2, 0) is 25.9 Å². The Balaban J connectivity index is 1.15. The van der Waals surface area contributed by atoms with Crippen LogP contribution in [0.5, 0.6) is 5.75 Å². The van der Waals surface area contributed by atoms with E-state index in [9.17, 15) is 4.79 Å². The molecule has 36 heavy (non-hydrogen) atoms. The average Bonchev–Trinajstić information content (AvgIpc) is 3.54. The smallest absolute Gasteiger partial charge is 0.262 e. The Hall–Kier alpha value is -3.75. The van der Waals surface area contributed by atoms with E-state index in [4.69, 9.17) is 4.74 Å². The molecule has 7 nitrogen and oxygen atoms in total. The molecule has 0 fully saturated rings. The standard InChI is InChI=1S/C28H27N5O2S/c1-35-23-9-5-8-22(13-23)33-17-20(15-31-33)14-29-21-10-11-24-25(12-21)36-27-26(24)28(34)32(18-30-27)16-19-6-3-2-4-7-19/h2-9,13,15,17-18,21,29H,10-12,14,16H2,1H3. The van der Waals surface area contributed by atoms with Crippen LogP contribution < -0.4 is 15.6 Å². The number of benzene rings is 2. The molecule has 0 spiro atoms. The molecule has 0 bridgehead atoms. The van der Waals surface area contributed by atoms with Crippen LogP contribution in [0.4, 0.5) is 0 Å². The topological polar surface area (TPSA) is 74.0 Å². The summed E-state index contributed by atoms with van der Waals surface area (Å²) in [6, 6.07) is 18.3. The highest BCUT2D eigenvalue weighted by molar-refractivity contribution is 7.18. The minimum Gasteiger partial charge on any atom is -0.497 e. The van der Waals surface area contributed by atoms with Gasteiger partial charge >= 0.3 is 0 Å². The molecular formula is C28H27N5O2S. The van der Waals surface area contributed by atoms with Crippen LogP contribution in [0.3, 0.4) is 0 Å². The first-order valence-electron chi connectivity index (χ1n) is 12.1. The molecule has 182 valence electrons. The fourth-order valence-electron chi connectivity index (χ4n) is 4.88. The summed E-state index contributed by atoms with van der Waals surface area (Å²) in [5.74, 6) is 0.810. The first kappa shape index (κ1) is 22.7. The van der Waals surface area contributed by atoms with E-state index in [2.05, 4.69) is 21.6 Å². The zero-order valence-electron chi connectivity index (χ0n) is 20.1. The zero-order chi connectivity index (χ0) is 24.5. The molecule has 0 amide bonds. The molecular weight excluding hydrogens is 470 g/mol. The normalized spacial score (nSPS) is 15.2. The molecule has 1 atom stereocenters. The third-order valence-electron chi connectivity index (χ3n) is 6.78. The number of methoxy groups -OCH3 is 1. The van der Waals surface area contributed by atoms with E-state index in [-0.39, 0.29) is 5.56 Å². The Labute approximate surface area is 213 Å². The summed E-state index contributed by atoms with van der Waals surface area (Å²) in [5, 5.41) is 9.02. The van der Waals surface area contributed by atoms with Crippen LogP contribution in [0.2, 0.25) is 0 Å². The molecule has 6 rings (SSSR count). The quantitative estimate of drug-likeness (QED) is 0.362. The number of hydrogen-bond acceptors (Lipinski definition) is 6. The second-order valence-corrected chi connectivity index (χ2v) is 10.2. The number of nitrogens with one attached hydrogen (secondary N) is 1. The predicted molar refractivity (Wildman–Crippen MR) is 142 cm³/mol. The van der Waals surface area contributed by atoms with Crippen molar-refractivity contribution in [3.8, 4) is 11.4 Å². The molecule has 1 aliphatic rings. The van der Waals surface area contributed by atoms with Gasteiger partial charge < -0.3 is 10.1 Å². The van der Waals surface area contributed by atoms with Gasteiger partial charge in [0.2, 0.25) is 0 Å². The number of rotatable bonds is 7. The molecule has 2 aromatic carbocycles. The highest BCUT2D eigenvalue weighted by atomic mass is 32.1. The van der Waals surface area contributed by atoms with Crippen molar-refractivity contribution in [3.63, 3.8) is 0 Å². The third kappa shape index (κ3) is 4.45. The van der Waals surface area contributed by atoms with E-state index in [1.165, 1.54) is 10.4 Å². The van der Waals surface area contributed by atoms with Crippen LogP contribution in [0.25, 0.3) is 15.9 Å². The number of ether oxygens (including phenoxy) is 1. The molecule has 0 radical (unpaired) electrons.